The van der Waals surface area contributed by atoms with Crippen LogP contribution >= 0.6 is 0 Å². The molecule has 0 aliphatic heterocycles. The summed E-state index contributed by atoms with van der Waals surface area (Å²) in [5.74, 6) is 1.71. The zero-order valence-corrected chi connectivity index (χ0v) is 11.5. The summed E-state index contributed by atoms with van der Waals surface area (Å²) in [4.78, 5) is 0. The molecular formula is C15H23NO2. The lowest BCUT2D eigenvalue weighted by atomic mass is 9.72. The van der Waals surface area contributed by atoms with Crippen LogP contribution in [0.25, 0.3) is 0 Å². The Morgan fingerprint density at radius 2 is 1.78 bits per heavy atom. The Bertz CT molecular complexity index is 386. The fourth-order valence-corrected chi connectivity index (χ4v) is 2.57. The summed E-state index contributed by atoms with van der Waals surface area (Å²) < 4.78 is 11.2. The van der Waals surface area contributed by atoms with Crippen LogP contribution in [-0.2, 0) is 0 Å². The summed E-state index contributed by atoms with van der Waals surface area (Å²) in [7, 11) is 1.66. The molecule has 0 aromatic heterocycles. The van der Waals surface area contributed by atoms with Crippen molar-refractivity contribution < 1.29 is 9.47 Å². The van der Waals surface area contributed by atoms with Crippen LogP contribution in [0.3, 0.4) is 0 Å². The van der Waals surface area contributed by atoms with Crippen LogP contribution in [0.1, 0.15) is 33.1 Å². The molecule has 1 aromatic rings. The van der Waals surface area contributed by atoms with Gasteiger partial charge in [0.15, 0.2) is 0 Å². The zero-order valence-electron chi connectivity index (χ0n) is 11.5. The summed E-state index contributed by atoms with van der Waals surface area (Å²) in [6.07, 6.45) is 3.51. The van der Waals surface area contributed by atoms with E-state index in [2.05, 4.69) is 13.8 Å². The third kappa shape index (κ3) is 2.78. The standard InChI is InChI=1S/C15H23NO2/c1-15(2)10-4-5-13(14(15)16)18-12-8-6-11(17-3)7-9-12/h6-9,13-14H,4-5,10,16H2,1-3H3. The maximum atomic E-state index is 6.31. The van der Waals surface area contributed by atoms with Crippen LogP contribution in [0.2, 0.25) is 0 Å². The predicted molar refractivity (Wildman–Crippen MR) is 73.0 cm³/mol. The van der Waals surface area contributed by atoms with E-state index in [1.165, 1.54) is 12.8 Å². The van der Waals surface area contributed by atoms with Crippen molar-refractivity contribution in [2.45, 2.75) is 45.3 Å². The fourth-order valence-electron chi connectivity index (χ4n) is 2.57. The first kappa shape index (κ1) is 13.2. The highest BCUT2D eigenvalue weighted by molar-refractivity contribution is 5.31. The van der Waals surface area contributed by atoms with Gasteiger partial charge in [-0.25, -0.2) is 0 Å². The molecule has 2 N–H and O–H groups in total. The van der Waals surface area contributed by atoms with Gasteiger partial charge in [0.2, 0.25) is 0 Å². The van der Waals surface area contributed by atoms with E-state index in [0.717, 1.165) is 17.9 Å². The van der Waals surface area contributed by atoms with Crippen molar-refractivity contribution in [2.24, 2.45) is 11.1 Å². The molecule has 0 radical (unpaired) electrons. The van der Waals surface area contributed by atoms with Gasteiger partial charge in [-0.2, -0.15) is 0 Å². The second-order valence-corrected chi connectivity index (χ2v) is 5.74. The van der Waals surface area contributed by atoms with Gasteiger partial charge in [0.1, 0.15) is 17.6 Å². The summed E-state index contributed by atoms with van der Waals surface area (Å²) in [5, 5.41) is 0. The SMILES string of the molecule is COc1ccc(OC2CCCC(C)(C)C2N)cc1. The lowest BCUT2D eigenvalue weighted by Gasteiger charge is -2.41. The van der Waals surface area contributed by atoms with Crippen molar-refractivity contribution in [3.8, 4) is 11.5 Å². The minimum Gasteiger partial charge on any atom is -0.497 e. The predicted octanol–water partition coefficient (Wildman–Crippen LogP) is 2.98. The van der Waals surface area contributed by atoms with Gasteiger partial charge in [0, 0.05) is 6.04 Å². The van der Waals surface area contributed by atoms with E-state index >= 15 is 0 Å². The Kier molecular flexibility index (Phi) is 3.81. The number of benzene rings is 1. The van der Waals surface area contributed by atoms with E-state index in [9.17, 15) is 0 Å². The van der Waals surface area contributed by atoms with Crippen molar-refractivity contribution in [3.05, 3.63) is 24.3 Å². The van der Waals surface area contributed by atoms with Crippen LogP contribution in [-0.4, -0.2) is 19.3 Å². The average molecular weight is 249 g/mol. The van der Waals surface area contributed by atoms with Gasteiger partial charge in [-0.15, -0.1) is 0 Å². The van der Waals surface area contributed by atoms with E-state index in [4.69, 9.17) is 15.2 Å². The minimum atomic E-state index is 0.0911. The Balaban J connectivity index is 2.03. The second kappa shape index (κ2) is 5.19. The molecule has 2 atom stereocenters. The Morgan fingerprint density at radius 3 is 2.39 bits per heavy atom. The summed E-state index contributed by atoms with van der Waals surface area (Å²) in [5.41, 5.74) is 6.47. The van der Waals surface area contributed by atoms with Crippen molar-refractivity contribution >= 4 is 0 Å². The minimum absolute atomic E-state index is 0.0911. The van der Waals surface area contributed by atoms with Crippen LogP contribution in [0.15, 0.2) is 24.3 Å². The van der Waals surface area contributed by atoms with E-state index < -0.39 is 0 Å². The highest BCUT2D eigenvalue weighted by Crippen LogP contribution is 2.36. The number of rotatable bonds is 3. The number of hydrogen-bond donors (Lipinski definition) is 1. The second-order valence-electron chi connectivity index (χ2n) is 5.74. The van der Waals surface area contributed by atoms with Gasteiger partial charge in [-0.3, -0.25) is 0 Å². The van der Waals surface area contributed by atoms with Crippen LogP contribution < -0.4 is 15.2 Å². The van der Waals surface area contributed by atoms with E-state index in [1.54, 1.807) is 7.11 Å². The maximum absolute atomic E-state index is 6.31. The molecule has 18 heavy (non-hydrogen) atoms. The highest BCUT2D eigenvalue weighted by Gasteiger charge is 2.37. The van der Waals surface area contributed by atoms with E-state index in [0.29, 0.717) is 0 Å². The molecule has 0 bridgehead atoms. The molecule has 1 aliphatic carbocycles. The number of nitrogens with two attached hydrogens (primary N) is 1. The Morgan fingerprint density at radius 1 is 1.17 bits per heavy atom. The van der Waals surface area contributed by atoms with Gasteiger partial charge in [0.05, 0.1) is 7.11 Å². The van der Waals surface area contributed by atoms with E-state index in [-0.39, 0.29) is 17.6 Å². The third-order valence-corrected chi connectivity index (χ3v) is 3.96. The number of ether oxygens (including phenoxy) is 2. The van der Waals surface area contributed by atoms with Crippen molar-refractivity contribution in [3.63, 3.8) is 0 Å². The van der Waals surface area contributed by atoms with Crippen molar-refractivity contribution in [1.29, 1.82) is 0 Å². The average Bonchev–Trinajstić information content (AvgIpc) is 2.36. The molecule has 0 spiro atoms. The molecule has 0 saturated heterocycles. The van der Waals surface area contributed by atoms with Gasteiger partial charge >= 0.3 is 0 Å². The normalized spacial score (nSPS) is 26.7. The molecule has 1 aliphatic rings. The van der Waals surface area contributed by atoms with Gasteiger partial charge in [0.25, 0.3) is 0 Å². The number of methoxy groups -OCH3 is 1. The quantitative estimate of drug-likeness (QED) is 0.895. The molecule has 1 saturated carbocycles. The lowest BCUT2D eigenvalue weighted by Crippen LogP contribution is -2.51. The number of hydrogen-bond acceptors (Lipinski definition) is 3. The monoisotopic (exact) mass is 249 g/mol. The Labute approximate surface area is 109 Å². The molecule has 0 amide bonds. The summed E-state index contributed by atoms with van der Waals surface area (Å²) in [6.45, 7) is 4.45. The maximum Gasteiger partial charge on any atom is 0.120 e. The molecule has 2 unspecified atom stereocenters. The molecule has 100 valence electrons. The van der Waals surface area contributed by atoms with Gasteiger partial charge < -0.3 is 15.2 Å². The largest absolute Gasteiger partial charge is 0.497 e. The molecule has 2 rings (SSSR count). The molecule has 3 nitrogen and oxygen atoms in total. The van der Waals surface area contributed by atoms with Crippen LogP contribution in [0.4, 0.5) is 0 Å². The smallest absolute Gasteiger partial charge is 0.120 e. The highest BCUT2D eigenvalue weighted by atomic mass is 16.5. The van der Waals surface area contributed by atoms with Crippen LogP contribution in [0.5, 0.6) is 11.5 Å². The lowest BCUT2D eigenvalue weighted by molar-refractivity contribution is 0.0567. The molecular weight excluding hydrogens is 226 g/mol. The first-order chi connectivity index (χ1) is 8.53. The third-order valence-electron chi connectivity index (χ3n) is 3.96. The van der Waals surface area contributed by atoms with E-state index in [1.807, 2.05) is 24.3 Å². The summed E-state index contributed by atoms with van der Waals surface area (Å²) >= 11 is 0. The van der Waals surface area contributed by atoms with Gasteiger partial charge in [-0.05, 0) is 48.9 Å². The molecule has 1 fully saturated rings. The summed E-state index contributed by atoms with van der Waals surface area (Å²) in [6, 6.07) is 7.79. The van der Waals surface area contributed by atoms with Crippen LogP contribution in [0, 0.1) is 5.41 Å². The van der Waals surface area contributed by atoms with Crippen molar-refractivity contribution in [1.82, 2.24) is 0 Å². The fraction of sp³-hybridized carbons (Fsp3) is 0.600. The van der Waals surface area contributed by atoms with Gasteiger partial charge in [-0.1, -0.05) is 13.8 Å². The molecule has 1 aromatic carbocycles. The topological polar surface area (TPSA) is 44.5 Å². The van der Waals surface area contributed by atoms with Crippen molar-refractivity contribution in [2.75, 3.05) is 7.11 Å². The first-order valence-electron chi connectivity index (χ1n) is 6.59. The molecule has 3 heteroatoms. The first-order valence-corrected chi connectivity index (χ1v) is 6.59. The molecule has 0 heterocycles. The zero-order chi connectivity index (χ0) is 13.2. The Hall–Kier alpha value is -1.22.